The van der Waals surface area contributed by atoms with Crippen LogP contribution in [-0.2, 0) is 13.0 Å². The standard InChI is InChI=1S/C18H15ClN2/c1-2-16-17(12-7-9-14(19)10-8-12)20-18-15-6-4-3-5-13(15)11-21(16)18/h3-10H,2,11H2,1H3. The van der Waals surface area contributed by atoms with Gasteiger partial charge in [-0.05, 0) is 24.1 Å². The average molecular weight is 295 g/mol. The van der Waals surface area contributed by atoms with Gasteiger partial charge in [-0.15, -0.1) is 0 Å². The Morgan fingerprint density at radius 3 is 2.62 bits per heavy atom. The van der Waals surface area contributed by atoms with Crippen molar-refractivity contribution in [3.05, 3.63) is 64.8 Å². The van der Waals surface area contributed by atoms with Crippen molar-refractivity contribution in [1.82, 2.24) is 9.55 Å². The third-order valence-corrected chi connectivity index (χ3v) is 4.36. The SMILES string of the molecule is CCc1c(-c2ccc(Cl)cc2)nc2n1Cc1ccccc1-2. The maximum absolute atomic E-state index is 5.99. The molecule has 0 amide bonds. The summed E-state index contributed by atoms with van der Waals surface area (Å²) in [5.74, 6) is 1.09. The molecule has 0 spiro atoms. The first-order valence-electron chi connectivity index (χ1n) is 7.21. The van der Waals surface area contributed by atoms with Crippen LogP contribution in [0, 0.1) is 0 Å². The van der Waals surface area contributed by atoms with E-state index in [0.29, 0.717) is 0 Å². The fourth-order valence-electron chi connectivity index (χ4n) is 3.11. The normalized spacial score (nSPS) is 12.3. The maximum atomic E-state index is 5.99. The van der Waals surface area contributed by atoms with Gasteiger partial charge in [-0.3, -0.25) is 0 Å². The van der Waals surface area contributed by atoms with Gasteiger partial charge in [0.25, 0.3) is 0 Å². The van der Waals surface area contributed by atoms with Gasteiger partial charge in [0, 0.05) is 21.8 Å². The first-order valence-corrected chi connectivity index (χ1v) is 7.59. The highest BCUT2D eigenvalue weighted by Crippen LogP contribution is 2.36. The van der Waals surface area contributed by atoms with Gasteiger partial charge < -0.3 is 4.57 Å². The second kappa shape index (κ2) is 4.74. The van der Waals surface area contributed by atoms with Crippen molar-refractivity contribution in [2.24, 2.45) is 0 Å². The number of fused-ring (bicyclic) bond motifs is 3. The van der Waals surface area contributed by atoms with Crippen LogP contribution in [0.1, 0.15) is 18.2 Å². The van der Waals surface area contributed by atoms with E-state index in [4.69, 9.17) is 16.6 Å². The van der Waals surface area contributed by atoms with Crippen LogP contribution in [-0.4, -0.2) is 9.55 Å². The van der Waals surface area contributed by atoms with E-state index in [-0.39, 0.29) is 0 Å². The first-order chi connectivity index (χ1) is 10.3. The van der Waals surface area contributed by atoms with Gasteiger partial charge in [0.05, 0.1) is 12.2 Å². The van der Waals surface area contributed by atoms with Crippen LogP contribution in [0.4, 0.5) is 0 Å². The summed E-state index contributed by atoms with van der Waals surface area (Å²) in [7, 11) is 0. The van der Waals surface area contributed by atoms with Gasteiger partial charge in [-0.25, -0.2) is 4.98 Å². The molecule has 1 aliphatic heterocycles. The van der Waals surface area contributed by atoms with Gasteiger partial charge in [0.1, 0.15) is 5.82 Å². The zero-order chi connectivity index (χ0) is 14.4. The molecule has 0 N–H and O–H groups in total. The van der Waals surface area contributed by atoms with Crippen molar-refractivity contribution in [1.29, 1.82) is 0 Å². The predicted octanol–water partition coefficient (Wildman–Crippen LogP) is 4.79. The molecule has 3 heteroatoms. The monoisotopic (exact) mass is 294 g/mol. The molecule has 3 aromatic rings. The third-order valence-electron chi connectivity index (χ3n) is 4.11. The molecule has 4 rings (SSSR count). The molecule has 0 radical (unpaired) electrons. The Labute approximate surface area is 129 Å². The summed E-state index contributed by atoms with van der Waals surface area (Å²) in [5, 5.41) is 0.758. The molecule has 104 valence electrons. The van der Waals surface area contributed by atoms with Gasteiger partial charge in [0.15, 0.2) is 0 Å². The zero-order valence-corrected chi connectivity index (χ0v) is 12.6. The Kier molecular flexibility index (Phi) is 2.86. The fourth-order valence-corrected chi connectivity index (χ4v) is 3.23. The third kappa shape index (κ3) is 1.90. The van der Waals surface area contributed by atoms with Crippen molar-refractivity contribution >= 4 is 11.6 Å². The van der Waals surface area contributed by atoms with Gasteiger partial charge in [0.2, 0.25) is 0 Å². The summed E-state index contributed by atoms with van der Waals surface area (Å²) in [6.45, 7) is 3.11. The molecule has 0 bridgehead atoms. The lowest BCUT2D eigenvalue weighted by Gasteiger charge is -2.06. The molecule has 2 nitrogen and oxygen atoms in total. The van der Waals surface area contributed by atoms with Crippen LogP contribution in [0.3, 0.4) is 0 Å². The molecule has 0 saturated carbocycles. The summed E-state index contributed by atoms with van der Waals surface area (Å²) in [6.07, 6.45) is 0.971. The molecule has 1 aliphatic rings. The van der Waals surface area contributed by atoms with Crippen molar-refractivity contribution in [3.8, 4) is 22.6 Å². The molecule has 0 saturated heterocycles. The van der Waals surface area contributed by atoms with Crippen LogP contribution >= 0.6 is 11.6 Å². The van der Waals surface area contributed by atoms with E-state index in [0.717, 1.165) is 35.1 Å². The molecule has 21 heavy (non-hydrogen) atoms. The number of hydrogen-bond donors (Lipinski definition) is 0. The summed E-state index contributed by atoms with van der Waals surface area (Å²) >= 11 is 5.99. The van der Waals surface area contributed by atoms with Crippen molar-refractivity contribution in [2.75, 3.05) is 0 Å². The Bertz CT molecular complexity index is 816. The highest BCUT2D eigenvalue weighted by Gasteiger charge is 2.25. The summed E-state index contributed by atoms with van der Waals surface area (Å²) in [6, 6.07) is 16.5. The summed E-state index contributed by atoms with van der Waals surface area (Å²) in [5.41, 5.74) is 6.13. The molecule has 0 atom stereocenters. The second-order valence-corrected chi connectivity index (χ2v) is 5.77. The van der Waals surface area contributed by atoms with Gasteiger partial charge >= 0.3 is 0 Å². The van der Waals surface area contributed by atoms with Crippen molar-refractivity contribution < 1.29 is 0 Å². The van der Waals surface area contributed by atoms with E-state index < -0.39 is 0 Å². The molecule has 0 unspecified atom stereocenters. The molecule has 0 aliphatic carbocycles. The quantitative estimate of drug-likeness (QED) is 0.519. The van der Waals surface area contributed by atoms with Gasteiger partial charge in [-0.2, -0.15) is 0 Å². The van der Waals surface area contributed by atoms with E-state index in [1.807, 2.05) is 24.3 Å². The largest absolute Gasteiger partial charge is 0.323 e. The predicted molar refractivity (Wildman–Crippen MR) is 86.6 cm³/mol. The Morgan fingerprint density at radius 1 is 1.10 bits per heavy atom. The number of hydrogen-bond acceptors (Lipinski definition) is 1. The Hall–Kier alpha value is -2.06. The first kappa shape index (κ1) is 12.7. The second-order valence-electron chi connectivity index (χ2n) is 5.33. The number of benzene rings is 2. The van der Waals surface area contributed by atoms with Crippen LogP contribution < -0.4 is 0 Å². The van der Waals surface area contributed by atoms with E-state index in [2.05, 4.69) is 35.8 Å². The molecular formula is C18H15ClN2. The van der Waals surface area contributed by atoms with Crippen LogP contribution in [0.5, 0.6) is 0 Å². The van der Waals surface area contributed by atoms with E-state index in [9.17, 15) is 0 Å². The number of imidazole rings is 1. The smallest absolute Gasteiger partial charge is 0.141 e. The van der Waals surface area contributed by atoms with E-state index in [1.54, 1.807) is 0 Å². The average Bonchev–Trinajstić information content (AvgIpc) is 3.03. The van der Waals surface area contributed by atoms with Crippen molar-refractivity contribution in [2.45, 2.75) is 19.9 Å². The number of nitrogens with zero attached hydrogens (tertiary/aromatic N) is 2. The zero-order valence-electron chi connectivity index (χ0n) is 11.8. The minimum atomic E-state index is 0.758. The lowest BCUT2D eigenvalue weighted by molar-refractivity contribution is 0.786. The Balaban J connectivity index is 1.91. The van der Waals surface area contributed by atoms with Crippen LogP contribution in [0.15, 0.2) is 48.5 Å². The van der Waals surface area contributed by atoms with E-state index in [1.165, 1.54) is 16.8 Å². The lowest BCUT2D eigenvalue weighted by atomic mass is 10.1. The topological polar surface area (TPSA) is 17.8 Å². The number of aromatic nitrogens is 2. The lowest BCUT2D eigenvalue weighted by Crippen LogP contribution is -1.99. The molecule has 0 fully saturated rings. The summed E-state index contributed by atoms with van der Waals surface area (Å²) in [4.78, 5) is 4.92. The maximum Gasteiger partial charge on any atom is 0.141 e. The van der Waals surface area contributed by atoms with Gasteiger partial charge in [-0.1, -0.05) is 54.9 Å². The number of rotatable bonds is 2. The highest BCUT2D eigenvalue weighted by atomic mass is 35.5. The minimum absolute atomic E-state index is 0.758. The highest BCUT2D eigenvalue weighted by molar-refractivity contribution is 6.30. The van der Waals surface area contributed by atoms with E-state index >= 15 is 0 Å². The van der Waals surface area contributed by atoms with Crippen molar-refractivity contribution in [3.63, 3.8) is 0 Å². The van der Waals surface area contributed by atoms with Crippen LogP contribution in [0.25, 0.3) is 22.6 Å². The fraction of sp³-hybridized carbons (Fsp3) is 0.167. The Morgan fingerprint density at radius 2 is 1.86 bits per heavy atom. The minimum Gasteiger partial charge on any atom is -0.323 e. The molecule has 1 aromatic heterocycles. The van der Waals surface area contributed by atoms with Crippen LogP contribution in [0.2, 0.25) is 5.02 Å². The molecular weight excluding hydrogens is 280 g/mol. The number of halogens is 1. The summed E-state index contributed by atoms with van der Waals surface area (Å²) < 4.78 is 2.34. The molecule has 2 aromatic carbocycles. The molecule has 2 heterocycles.